The third kappa shape index (κ3) is 2.47. The zero-order chi connectivity index (χ0) is 13.3. The molecule has 98 valence electrons. The minimum atomic E-state index is -0.00204. The summed E-state index contributed by atoms with van der Waals surface area (Å²) in [4.78, 5) is 13.8. The first-order valence-corrected chi connectivity index (χ1v) is 6.77. The van der Waals surface area contributed by atoms with Gasteiger partial charge in [-0.15, -0.1) is 0 Å². The Balaban J connectivity index is 2.36. The molecule has 0 aromatic heterocycles. The first-order chi connectivity index (χ1) is 8.50. The van der Waals surface area contributed by atoms with Crippen LogP contribution in [-0.4, -0.2) is 35.4 Å². The van der Waals surface area contributed by atoms with Crippen LogP contribution in [0.5, 0.6) is 0 Å². The Kier molecular flexibility index (Phi) is 3.82. The number of para-hydroxylation sites is 1. The van der Waals surface area contributed by atoms with Gasteiger partial charge in [0.05, 0.1) is 5.69 Å². The van der Waals surface area contributed by atoms with Crippen LogP contribution < -0.4 is 4.31 Å². The van der Waals surface area contributed by atoms with Crippen molar-refractivity contribution in [1.82, 2.24) is 9.21 Å². The lowest BCUT2D eigenvalue weighted by Gasteiger charge is -2.38. The van der Waals surface area contributed by atoms with Gasteiger partial charge in [0.15, 0.2) is 0 Å². The van der Waals surface area contributed by atoms with Gasteiger partial charge in [0.1, 0.15) is 0 Å². The van der Waals surface area contributed by atoms with Crippen LogP contribution >= 0.6 is 12.1 Å². The van der Waals surface area contributed by atoms with Gasteiger partial charge >= 0.3 is 6.03 Å². The topological polar surface area (TPSA) is 26.8 Å². The molecule has 0 radical (unpaired) electrons. The number of hydrogen-bond donors (Lipinski definition) is 0. The summed E-state index contributed by atoms with van der Waals surface area (Å²) >= 11 is 1.49. The molecule has 0 saturated heterocycles. The molecule has 1 aliphatic heterocycles. The Morgan fingerprint density at radius 1 is 1.33 bits per heavy atom. The van der Waals surface area contributed by atoms with Gasteiger partial charge in [0, 0.05) is 38.8 Å². The molecule has 0 atom stereocenters. The van der Waals surface area contributed by atoms with E-state index in [1.54, 1.807) is 23.3 Å². The summed E-state index contributed by atoms with van der Waals surface area (Å²) < 4.78 is 3.97. The molecule has 4 nitrogen and oxygen atoms in total. The van der Waals surface area contributed by atoms with Gasteiger partial charge in [-0.2, -0.15) is 0 Å². The maximum absolute atomic E-state index is 12.2. The highest BCUT2D eigenvalue weighted by molar-refractivity contribution is 7.99. The second-order valence-corrected chi connectivity index (χ2v) is 5.85. The third-order valence-corrected chi connectivity index (χ3v) is 4.13. The normalized spacial score (nSPS) is 15.7. The van der Waals surface area contributed by atoms with Crippen molar-refractivity contribution < 1.29 is 4.79 Å². The Morgan fingerprint density at radius 3 is 2.61 bits per heavy atom. The van der Waals surface area contributed by atoms with Gasteiger partial charge in [-0.1, -0.05) is 18.2 Å². The van der Waals surface area contributed by atoms with E-state index >= 15 is 0 Å². The molecular weight excluding hydrogens is 246 g/mol. The molecule has 1 heterocycles. The molecule has 0 bridgehead atoms. The number of urea groups is 1. The number of carbonyl (C=O) groups excluding carboxylic acids is 1. The molecule has 0 fully saturated rings. The van der Waals surface area contributed by atoms with Gasteiger partial charge < -0.3 is 4.90 Å². The molecule has 5 heteroatoms. The average Bonchev–Trinajstić information content (AvgIpc) is 2.36. The summed E-state index contributed by atoms with van der Waals surface area (Å²) in [5, 5.41) is 0. The number of amides is 2. The number of benzene rings is 1. The lowest BCUT2D eigenvalue weighted by atomic mass is 10.1. The maximum Gasteiger partial charge on any atom is 0.335 e. The molecule has 0 spiro atoms. The highest BCUT2D eigenvalue weighted by atomic mass is 32.2. The van der Waals surface area contributed by atoms with E-state index in [2.05, 4.69) is 24.2 Å². The summed E-state index contributed by atoms with van der Waals surface area (Å²) in [7, 11) is 3.56. The first-order valence-electron chi connectivity index (χ1n) is 6.04. The summed E-state index contributed by atoms with van der Waals surface area (Å²) in [5.41, 5.74) is 2.19. The molecule has 1 aromatic rings. The van der Waals surface area contributed by atoms with Crippen LogP contribution in [-0.2, 0) is 6.54 Å². The average molecular weight is 265 g/mol. The predicted octanol–water partition coefficient (Wildman–Crippen LogP) is 2.96. The monoisotopic (exact) mass is 265 g/mol. The highest BCUT2D eigenvalue weighted by Gasteiger charge is 2.30. The van der Waals surface area contributed by atoms with Gasteiger partial charge in [0.25, 0.3) is 0 Å². The van der Waals surface area contributed by atoms with Crippen molar-refractivity contribution in [2.24, 2.45) is 0 Å². The molecule has 2 rings (SSSR count). The molecule has 1 aromatic carbocycles. The second kappa shape index (κ2) is 5.20. The summed E-state index contributed by atoms with van der Waals surface area (Å²) in [5.74, 6) is 0. The van der Waals surface area contributed by atoms with E-state index < -0.39 is 0 Å². The van der Waals surface area contributed by atoms with Gasteiger partial charge in [-0.25, -0.2) is 13.4 Å². The fourth-order valence-electron chi connectivity index (χ4n) is 1.78. The zero-order valence-corrected chi connectivity index (χ0v) is 12.1. The minimum Gasteiger partial charge on any atom is -0.330 e. The highest BCUT2D eigenvalue weighted by Crippen LogP contribution is 2.37. The molecule has 18 heavy (non-hydrogen) atoms. The van der Waals surface area contributed by atoms with Crippen molar-refractivity contribution >= 4 is 23.9 Å². The number of anilines is 1. The SMILES string of the molecule is CC(C)N1Cc2ccccc2N(C(=O)N(C)C)S1. The lowest BCUT2D eigenvalue weighted by Crippen LogP contribution is -2.42. The van der Waals surface area contributed by atoms with Crippen molar-refractivity contribution in [2.45, 2.75) is 26.4 Å². The number of fused-ring (bicyclic) bond motifs is 1. The third-order valence-electron chi connectivity index (χ3n) is 2.86. The number of carbonyl (C=O) groups is 1. The number of hydrogen-bond acceptors (Lipinski definition) is 3. The van der Waals surface area contributed by atoms with Crippen molar-refractivity contribution in [3.63, 3.8) is 0 Å². The van der Waals surface area contributed by atoms with Crippen LogP contribution in [0.4, 0.5) is 10.5 Å². The summed E-state index contributed by atoms with van der Waals surface area (Å²) in [6.07, 6.45) is 0. The van der Waals surface area contributed by atoms with Crippen molar-refractivity contribution in [2.75, 3.05) is 18.4 Å². The van der Waals surface area contributed by atoms with Crippen LogP contribution in [0.1, 0.15) is 19.4 Å². The standard InChI is InChI=1S/C13H19N3OS/c1-10(2)15-9-11-7-5-6-8-12(11)16(18-15)13(17)14(3)4/h5-8,10H,9H2,1-4H3. The summed E-state index contributed by atoms with van der Waals surface area (Å²) in [6.45, 7) is 5.15. The second-order valence-electron chi connectivity index (χ2n) is 4.85. The first kappa shape index (κ1) is 13.2. The Morgan fingerprint density at radius 2 is 2.00 bits per heavy atom. The van der Waals surface area contributed by atoms with E-state index in [0.29, 0.717) is 6.04 Å². The quantitative estimate of drug-likeness (QED) is 0.730. The molecule has 0 unspecified atom stereocenters. The Labute approximate surface area is 113 Å². The van der Waals surface area contributed by atoms with Gasteiger partial charge in [0.2, 0.25) is 0 Å². The van der Waals surface area contributed by atoms with Crippen molar-refractivity contribution in [3.8, 4) is 0 Å². The molecule has 0 saturated carbocycles. The van der Waals surface area contributed by atoms with E-state index in [-0.39, 0.29) is 6.03 Å². The fraction of sp³-hybridized carbons (Fsp3) is 0.462. The zero-order valence-electron chi connectivity index (χ0n) is 11.3. The van der Waals surface area contributed by atoms with E-state index in [0.717, 1.165) is 12.2 Å². The summed E-state index contributed by atoms with van der Waals surface area (Å²) in [6, 6.07) is 8.46. The van der Waals surface area contributed by atoms with E-state index in [9.17, 15) is 4.79 Å². The molecule has 2 amide bonds. The van der Waals surface area contributed by atoms with Crippen LogP contribution in [0.25, 0.3) is 0 Å². The molecule has 0 aliphatic carbocycles. The van der Waals surface area contributed by atoms with Crippen LogP contribution in [0.2, 0.25) is 0 Å². The van der Waals surface area contributed by atoms with Gasteiger partial charge in [-0.3, -0.25) is 0 Å². The largest absolute Gasteiger partial charge is 0.335 e. The molecule has 1 aliphatic rings. The van der Waals surface area contributed by atoms with E-state index in [4.69, 9.17) is 0 Å². The van der Waals surface area contributed by atoms with Gasteiger partial charge in [-0.05, 0) is 25.5 Å². The Hall–Kier alpha value is -1.20. The van der Waals surface area contributed by atoms with Crippen molar-refractivity contribution in [3.05, 3.63) is 29.8 Å². The Bertz CT molecular complexity index is 448. The molecule has 0 N–H and O–H groups in total. The van der Waals surface area contributed by atoms with Crippen LogP contribution in [0, 0.1) is 0 Å². The van der Waals surface area contributed by atoms with Crippen molar-refractivity contribution in [1.29, 1.82) is 0 Å². The fourth-order valence-corrected chi connectivity index (χ4v) is 2.88. The van der Waals surface area contributed by atoms with Crippen LogP contribution in [0.3, 0.4) is 0 Å². The number of nitrogens with zero attached hydrogens (tertiary/aromatic N) is 3. The predicted molar refractivity (Wildman–Crippen MR) is 76.3 cm³/mol. The number of rotatable bonds is 1. The smallest absolute Gasteiger partial charge is 0.330 e. The lowest BCUT2D eigenvalue weighted by molar-refractivity contribution is 0.227. The molecular formula is C13H19N3OS. The minimum absolute atomic E-state index is 0.00204. The van der Waals surface area contributed by atoms with E-state index in [1.165, 1.54) is 17.7 Å². The maximum atomic E-state index is 12.2. The van der Waals surface area contributed by atoms with Crippen LogP contribution in [0.15, 0.2) is 24.3 Å². The van der Waals surface area contributed by atoms with E-state index in [1.807, 2.05) is 18.2 Å².